The van der Waals surface area contributed by atoms with E-state index < -0.39 is 34.2 Å². The first-order valence-electron chi connectivity index (χ1n) is 10.5. The number of hydrogen-bond donors (Lipinski definition) is 1. The number of amides is 1. The van der Waals surface area contributed by atoms with Crippen LogP contribution < -0.4 is 9.62 Å². The van der Waals surface area contributed by atoms with Crippen LogP contribution in [0.4, 0.5) is 24.0 Å². The highest BCUT2D eigenvalue weighted by atomic mass is 32.2. The third-order valence-electron chi connectivity index (χ3n) is 5.05. The number of halogens is 3. The standard InChI is InChI=1S/C24H19F3N4O3S2/c1-16-10-12-20(13-11-16)36(33,34)31(19-9-5-8-18(14-19)24(25,26)27)15-21(32)28-23-30-29-22(35-23)17-6-3-2-4-7-17/h2-14H,15H2,1H3,(H,28,30,32). The van der Waals surface area contributed by atoms with Crippen molar-refractivity contribution in [1.82, 2.24) is 10.2 Å². The Labute approximate surface area is 209 Å². The predicted molar refractivity (Wildman–Crippen MR) is 131 cm³/mol. The molecule has 7 nitrogen and oxygen atoms in total. The number of rotatable bonds is 7. The van der Waals surface area contributed by atoms with Gasteiger partial charge in [0.25, 0.3) is 10.0 Å². The van der Waals surface area contributed by atoms with Crippen molar-refractivity contribution in [2.24, 2.45) is 0 Å². The van der Waals surface area contributed by atoms with E-state index in [0.29, 0.717) is 15.4 Å². The molecule has 0 saturated carbocycles. The molecule has 1 aromatic heterocycles. The van der Waals surface area contributed by atoms with Gasteiger partial charge in [0.05, 0.1) is 16.1 Å². The monoisotopic (exact) mass is 532 g/mol. The zero-order chi connectivity index (χ0) is 25.9. The summed E-state index contributed by atoms with van der Waals surface area (Å²) < 4.78 is 67.5. The van der Waals surface area contributed by atoms with Crippen LogP contribution in [0.1, 0.15) is 11.1 Å². The van der Waals surface area contributed by atoms with Crippen molar-refractivity contribution in [2.45, 2.75) is 18.0 Å². The van der Waals surface area contributed by atoms with E-state index in [-0.39, 0.29) is 15.7 Å². The van der Waals surface area contributed by atoms with E-state index in [9.17, 15) is 26.4 Å². The number of aromatic nitrogens is 2. The summed E-state index contributed by atoms with van der Waals surface area (Å²) in [4.78, 5) is 12.7. The number of carbonyl (C=O) groups excluding carboxylic acids is 1. The molecule has 0 spiro atoms. The van der Waals surface area contributed by atoms with Crippen LogP contribution in [0, 0.1) is 6.92 Å². The van der Waals surface area contributed by atoms with Crippen LogP contribution in [0.25, 0.3) is 10.6 Å². The summed E-state index contributed by atoms with van der Waals surface area (Å²) in [5, 5.41) is 11.1. The number of benzene rings is 3. The fourth-order valence-electron chi connectivity index (χ4n) is 3.25. The van der Waals surface area contributed by atoms with Crippen molar-refractivity contribution < 1.29 is 26.4 Å². The summed E-state index contributed by atoms with van der Waals surface area (Å²) in [6.45, 7) is 0.984. The van der Waals surface area contributed by atoms with Gasteiger partial charge in [0.15, 0.2) is 0 Å². The van der Waals surface area contributed by atoms with Crippen LogP contribution in [0.3, 0.4) is 0 Å². The molecule has 0 aliphatic carbocycles. The van der Waals surface area contributed by atoms with Gasteiger partial charge < -0.3 is 0 Å². The minimum Gasteiger partial charge on any atom is -0.299 e. The highest BCUT2D eigenvalue weighted by Crippen LogP contribution is 2.33. The molecular weight excluding hydrogens is 513 g/mol. The zero-order valence-corrected chi connectivity index (χ0v) is 20.4. The summed E-state index contributed by atoms with van der Waals surface area (Å²) in [5.41, 5.74) is 0.231. The van der Waals surface area contributed by atoms with Gasteiger partial charge in [-0.3, -0.25) is 14.4 Å². The topological polar surface area (TPSA) is 92.3 Å². The highest BCUT2D eigenvalue weighted by Gasteiger charge is 2.33. The Hall–Kier alpha value is -3.77. The summed E-state index contributed by atoms with van der Waals surface area (Å²) in [6.07, 6.45) is -4.70. The van der Waals surface area contributed by atoms with Gasteiger partial charge in [-0.05, 0) is 37.3 Å². The normalized spacial score (nSPS) is 11.8. The molecule has 12 heteroatoms. The van der Waals surface area contributed by atoms with Gasteiger partial charge >= 0.3 is 6.18 Å². The largest absolute Gasteiger partial charge is 0.416 e. The lowest BCUT2D eigenvalue weighted by molar-refractivity contribution is -0.137. The van der Waals surface area contributed by atoms with Crippen LogP contribution in [0.15, 0.2) is 83.8 Å². The van der Waals surface area contributed by atoms with Crippen LogP contribution >= 0.6 is 11.3 Å². The molecule has 0 fully saturated rings. The number of aryl methyl sites for hydroxylation is 1. The zero-order valence-electron chi connectivity index (χ0n) is 18.7. The summed E-state index contributed by atoms with van der Waals surface area (Å²) >= 11 is 1.08. The van der Waals surface area contributed by atoms with Crippen molar-refractivity contribution >= 4 is 38.1 Å². The van der Waals surface area contributed by atoms with Crippen molar-refractivity contribution in [2.75, 3.05) is 16.2 Å². The SMILES string of the molecule is Cc1ccc(S(=O)(=O)N(CC(=O)Nc2nnc(-c3ccccc3)s2)c2cccc(C(F)(F)F)c2)cc1. The number of carbonyl (C=O) groups is 1. The highest BCUT2D eigenvalue weighted by molar-refractivity contribution is 7.92. The van der Waals surface area contributed by atoms with Gasteiger partial charge in [-0.25, -0.2) is 8.42 Å². The van der Waals surface area contributed by atoms with E-state index in [1.165, 1.54) is 18.2 Å². The van der Waals surface area contributed by atoms with Crippen LogP contribution in [0.2, 0.25) is 0 Å². The Morgan fingerprint density at radius 1 is 0.972 bits per heavy atom. The van der Waals surface area contributed by atoms with Crippen molar-refractivity contribution in [3.63, 3.8) is 0 Å². The molecule has 0 atom stereocenters. The molecular formula is C24H19F3N4O3S2. The molecule has 0 radical (unpaired) electrons. The van der Waals surface area contributed by atoms with Crippen LogP contribution in [-0.2, 0) is 21.0 Å². The lowest BCUT2D eigenvalue weighted by Gasteiger charge is -2.24. The second-order valence-corrected chi connectivity index (χ2v) is 10.5. The van der Waals surface area contributed by atoms with Gasteiger partial charge in [-0.15, -0.1) is 10.2 Å². The Morgan fingerprint density at radius 2 is 1.67 bits per heavy atom. The predicted octanol–water partition coefficient (Wildman–Crippen LogP) is 5.37. The molecule has 36 heavy (non-hydrogen) atoms. The first kappa shape index (κ1) is 25.3. The van der Waals surface area contributed by atoms with E-state index in [2.05, 4.69) is 15.5 Å². The number of nitrogens with one attached hydrogen (secondary N) is 1. The first-order valence-corrected chi connectivity index (χ1v) is 12.7. The second-order valence-electron chi connectivity index (χ2n) is 7.70. The smallest absolute Gasteiger partial charge is 0.299 e. The van der Waals surface area contributed by atoms with Crippen LogP contribution in [0.5, 0.6) is 0 Å². The van der Waals surface area contributed by atoms with Crippen molar-refractivity contribution in [3.8, 4) is 10.6 Å². The molecule has 0 bridgehead atoms. The Kier molecular flexibility index (Phi) is 7.09. The van der Waals surface area contributed by atoms with E-state index >= 15 is 0 Å². The number of sulfonamides is 1. The molecule has 4 aromatic rings. The first-order chi connectivity index (χ1) is 17.0. The third kappa shape index (κ3) is 5.71. The number of alkyl halides is 3. The average Bonchev–Trinajstić information content (AvgIpc) is 3.31. The summed E-state index contributed by atoms with van der Waals surface area (Å²) in [5.74, 6) is -0.793. The molecule has 0 aliphatic rings. The van der Waals surface area contributed by atoms with Gasteiger partial charge in [0, 0.05) is 5.56 Å². The van der Waals surface area contributed by atoms with Gasteiger partial charge in [0.2, 0.25) is 11.0 Å². The quantitative estimate of drug-likeness (QED) is 0.346. The average molecular weight is 533 g/mol. The van der Waals surface area contributed by atoms with Gasteiger partial charge in [-0.1, -0.05) is 65.4 Å². The fraction of sp³-hybridized carbons (Fsp3) is 0.125. The second kappa shape index (κ2) is 10.1. The van der Waals surface area contributed by atoms with Crippen molar-refractivity contribution in [3.05, 3.63) is 90.0 Å². The molecule has 4 rings (SSSR count). The maximum atomic E-state index is 13.4. The molecule has 0 saturated heterocycles. The molecule has 1 N–H and O–H groups in total. The van der Waals surface area contributed by atoms with E-state index in [0.717, 1.165) is 34.6 Å². The summed E-state index contributed by atoms with van der Waals surface area (Å²) in [7, 11) is -4.39. The van der Waals surface area contributed by atoms with Crippen molar-refractivity contribution in [1.29, 1.82) is 0 Å². The van der Waals surface area contributed by atoms with E-state index in [4.69, 9.17) is 0 Å². The Balaban J connectivity index is 1.65. The molecule has 1 amide bonds. The number of nitrogens with zero attached hydrogens (tertiary/aromatic N) is 3. The van der Waals surface area contributed by atoms with E-state index in [1.807, 2.05) is 30.3 Å². The van der Waals surface area contributed by atoms with Gasteiger partial charge in [0.1, 0.15) is 11.6 Å². The minimum absolute atomic E-state index is 0.121. The lowest BCUT2D eigenvalue weighted by Crippen LogP contribution is -2.38. The number of anilines is 2. The fourth-order valence-corrected chi connectivity index (χ4v) is 5.43. The number of hydrogen-bond acceptors (Lipinski definition) is 6. The summed E-state index contributed by atoms with van der Waals surface area (Å²) in [6, 6.07) is 18.7. The van der Waals surface area contributed by atoms with Gasteiger partial charge in [-0.2, -0.15) is 13.2 Å². The Morgan fingerprint density at radius 3 is 2.33 bits per heavy atom. The van der Waals surface area contributed by atoms with E-state index in [1.54, 1.807) is 19.1 Å². The lowest BCUT2D eigenvalue weighted by atomic mass is 10.2. The maximum absolute atomic E-state index is 13.4. The molecule has 0 aliphatic heterocycles. The third-order valence-corrected chi connectivity index (χ3v) is 7.73. The molecule has 3 aromatic carbocycles. The maximum Gasteiger partial charge on any atom is 0.416 e. The van der Waals surface area contributed by atoms with Crippen LogP contribution in [-0.4, -0.2) is 31.1 Å². The molecule has 186 valence electrons. The molecule has 0 unspecified atom stereocenters. The molecule has 1 heterocycles. The Bertz CT molecular complexity index is 1470. The minimum atomic E-state index is -4.70.